The SMILES string of the molecule is Cc1cccc(=O)n1Cc1ccc(F)c(C#N)c1. The minimum Gasteiger partial charge on any atom is -0.309 e. The van der Waals surface area contributed by atoms with E-state index in [0.29, 0.717) is 6.54 Å². The predicted molar refractivity (Wildman–Crippen MR) is 65.7 cm³/mol. The molecule has 0 aliphatic rings. The number of rotatable bonds is 2. The fourth-order valence-corrected chi connectivity index (χ4v) is 1.77. The van der Waals surface area contributed by atoms with E-state index in [4.69, 9.17) is 5.26 Å². The van der Waals surface area contributed by atoms with Crippen LogP contribution in [0.5, 0.6) is 0 Å². The number of aromatic nitrogens is 1. The molecule has 0 aliphatic heterocycles. The summed E-state index contributed by atoms with van der Waals surface area (Å²) in [6.07, 6.45) is 0. The van der Waals surface area contributed by atoms with Crippen molar-refractivity contribution in [2.45, 2.75) is 13.5 Å². The highest BCUT2D eigenvalue weighted by atomic mass is 19.1. The van der Waals surface area contributed by atoms with Crippen molar-refractivity contribution in [2.24, 2.45) is 0 Å². The zero-order valence-electron chi connectivity index (χ0n) is 9.85. The van der Waals surface area contributed by atoms with Gasteiger partial charge in [-0.1, -0.05) is 12.1 Å². The number of hydrogen-bond acceptors (Lipinski definition) is 2. The predicted octanol–water partition coefficient (Wildman–Crippen LogP) is 2.22. The summed E-state index contributed by atoms with van der Waals surface area (Å²) in [5.41, 5.74) is 1.43. The van der Waals surface area contributed by atoms with E-state index in [1.165, 1.54) is 18.2 Å². The molecule has 0 N–H and O–H groups in total. The van der Waals surface area contributed by atoms with E-state index >= 15 is 0 Å². The van der Waals surface area contributed by atoms with E-state index in [9.17, 15) is 9.18 Å². The van der Waals surface area contributed by atoms with Crippen LogP contribution >= 0.6 is 0 Å². The zero-order chi connectivity index (χ0) is 13.1. The standard InChI is InChI=1S/C14H11FN2O/c1-10-3-2-4-14(18)17(10)9-11-5-6-13(15)12(7-11)8-16/h2-7H,9H2,1H3. The third-order valence-corrected chi connectivity index (χ3v) is 2.76. The van der Waals surface area contributed by atoms with Crippen LogP contribution in [0.2, 0.25) is 0 Å². The van der Waals surface area contributed by atoms with Crippen molar-refractivity contribution in [3.8, 4) is 6.07 Å². The maximum Gasteiger partial charge on any atom is 0.251 e. The van der Waals surface area contributed by atoms with Crippen LogP contribution in [0.3, 0.4) is 0 Å². The van der Waals surface area contributed by atoms with Gasteiger partial charge in [-0.05, 0) is 30.7 Å². The highest BCUT2D eigenvalue weighted by molar-refractivity contribution is 5.34. The molecule has 1 aromatic heterocycles. The van der Waals surface area contributed by atoms with Crippen LogP contribution in [0.1, 0.15) is 16.8 Å². The van der Waals surface area contributed by atoms with Gasteiger partial charge in [-0.15, -0.1) is 0 Å². The van der Waals surface area contributed by atoms with Crippen molar-refractivity contribution in [1.29, 1.82) is 5.26 Å². The molecule has 0 radical (unpaired) electrons. The Morgan fingerprint density at radius 2 is 2.11 bits per heavy atom. The van der Waals surface area contributed by atoms with Crippen LogP contribution in [0.4, 0.5) is 4.39 Å². The second-order valence-electron chi connectivity index (χ2n) is 4.02. The molecule has 1 heterocycles. The van der Waals surface area contributed by atoms with Crippen LogP contribution in [0, 0.1) is 24.1 Å². The van der Waals surface area contributed by atoms with E-state index < -0.39 is 5.82 Å². The molecule has 0 amide bonds. The molecule has 2 rings (SSSR count). The lowest BCUT2D eigenvalue weighted by atomic mass is 10.1. The minimum absolute atomic E-state index is 0.00543. The second-order valence-corrected chi connectivity index (χ2v) is 4.02. The Morgan fingerprint density at radius 1 is 1.33 bits per heavy atom. The fourth-order valence-electron chi connectivity index (χ4n) is 1.77. The Hall–Kier alpha value is -2.41. The summed E-state index contributed by atoms with van der Waals surface area (Å²) >= 11 is 0. The van der Waals surface area contributed by atoms with Crippen molar-refractivity contribution in [1.82, 2.24) is 4.57 Å². The summed E-state index contributed by atoms with van der Waals surface area (Å²) in [6.45, 7) is 2.16. The van der Waals surface area contributed by atoms with Crippen molar-refractivity contribution in [3.63, 3.8) is 0 Å². The highest BCUT2D eigenvalue weighted by Gasteiger charge is 2.05. The molecular weight excluding hydrogens is 231 g/mol. The van der Waals surface area contributed by atoms with Gasteiger partial charge in [0.25, 0.3) is 5.56 Å². The molecule has 0 atom stereocenters. The van der Waals surface area contributed by atoms with Gasteiger partial charge in [-0.25, -0.2) is 4.39 Å². The first-order chi connectivity index (χ1) is 8.61. The molecular formula is C14H11FN2O. The van der Waals surface area contributed by atoms with Crippen molar-refractivity contribution in [3.05, 3.63) is 69.4 Å². The van der Waals surface area contributed by atoms with Crippen molar-refractivity contribution in [2.75, 3.05) is 0 Å². The molecule has 0 bridgehead atoms. The second kappa shape index (κ2) is 4.84. The van der Waals surface area contributed by atoms with Crippen molar-refractivity contribution >= 4 is 0 Å². The van der Waals surface area contributed by atoms with Crippen LogP contribution in [0.25, 0.3) is 0 Å². The molecule has 3 nitrogen and oxygen atoms in total. The Morgan fingerprint density at radius 3 is 2.78 bits per heavy atom. The molecule has 0 unspecified atom stereocenters. The monoisotopic (exact) mass is 242 g/mol. The first kappa shape index (κ1) is 12.1. The smallest absolute Gasteiger partial charge is 0.251 e. The molecule has 0 spiro atoms. The first-order valence-corrected chi connectivity index (χ1v) is 5.47. The lowest BCUT2D eigenvalue weighted by molar-refractivity contribution is 0.621. The Balaban J connectivity index is 2.41. The summed E-state index contributed by atoms with van der Waals surface area (Å²) < 4.78 is 14.8. The number of halogens is 1. The third kappa shape index (κ3) is 2.30. The Bertz CT molecular complexity index is 683. The van der Waals surface area contributed by atoms with E-state index in [2.05, 4.69) is 0 Å². The van der Waals surface area contributed by atoms with Gasteiger partial charge in [-0.3, -0.25) is 4.79 Å². The maximum atomic E-state index is 13.2. The van der Waals surface area contributed by atoms with Gasteiger partial charge in [0.15, 0.2) is 0 Å². The van der Waals surface area contributed by atoms with Gasteiger partial charge in [0, 0.05) is 11.8 Å². The molecule has 0 fully saturated rings. The molecule has 0 aliphatic carbocycles. The van der Waals surface area contributed by atoms with E-state index in [-0.39, 0.29) is 11.1 Å². The molecule has 0 saturated heterocycles. The molecule has 1 aromatic carbocycles. The number of benzene rings is 1. The number of aryl methyl sites for hydroxylation is 1. The lowest BCUT2D eigenvalue weighted by Gasteiger charge is -2.09. The number of pyridine rings is 1. The Labute approximate surface area is 104 Å². The van der Waals surface area contributed by atoms with Gasteiger partial charge in [-0.2, -0.15) is 5.26 Å². The van der Waals surface area contributed by atoms with Gasteiger partial charge < -0.3 is 4.57 Å². The average Bonchev–Trinajstić information content (AvgIpc) is 2.36. The largest absolute Gasteiger partial charge is 0.309 e. The number of nitrogens with zero attached hydrogens (tertiary/aromatic N) is 2. The van der Waals surface area contributed by atoms with E-state index in [1.807, 2.05) is 13.0 Å². The summed E-state index contributed by atoms with van der Waals surface area (Å²) in [5, 5.41) is 8.76. The van der Waals surface area contributed by atoms with Gasteiger partial charge in [0.2, 0.25) is 0 Å². The number of hydrogen-bond donors (Lipinski definition) is 0. The summed E-state index contributed by atoms with van der Waals surface area (Å²) in [7, 11) is 0. The van der Waals surface area contributed by atoms with Crippen LogP contribution in [0.15, 0.2) is 41.2 Å². The molecule has 90 valence electrons. The quantitative estimate of drug-likeness (QED) is 0.810. The van der Waals surface area contributed by atoms with Crippen molar-refractivity contribution < 1.29 is 4.39 Å². The van der Waals surface area contributed by atoms with Gasteiger partial charge >= 0.3 is 0 Å². The summed E-state index contributed by atoms with van der Waals surface area (Å²) in [5.74, 6) is -0.543. The first-order valence-electron chi connectivity index (χ1n) is 5.47. The maximum absolute atomic E-state index is 13.2. The van der Waals surface area contributed by atoms with Crippen LogP contribution in [-0.4, -0.2) is 4.57 Å². The average molecular weight is 242 g/mol. The highest BCUT2D eigenvalue weighted by Crippen LogP contribution is 2.11. The topological polar surface area (TPSA) is 45.8 Å². The fraction of sp³-hybridized carbons (Fsp3) is 0.143. The van der Waals surface area contributed by atoms with Crippen LogP contribution < -0.4 is 5.56 Å². The minimum atomic E-state index is -0.543. The summed E-state index contributed by atoms with van der Waals surface area (Å²) in [4.78, 5) is 11.7. The molecule has 2 aromatic rings. The normalized spacial score (nSPS) is 10.1. The van der Waals surface area contributed by atoms with Gasteiger partial charge in [0.1, 0.15) is 11.9 Å². The van der Waals surface area contributed by atoms with E-state index in [1.54, 1.807) is 22.8 Å². The lowest BCUT2D eigenvalue weighted by Crippen LogP contribution is -2.21. The Kier molecular flexibility index (Phi) is 3.24. The summed E-state index contributed by atoms with van der Waals surface area (Å²) in [6, 6.07) is 11.1. The third-order valence-electron chi connectivity index (χ3n) is 2.76. The molecule has 0 saturated carbocycles. The van der Waals surface area contributed by atoms with E-state index in [0.717, 1.165) is 11.3 Å². The van der Waals surface area contributed by atoms with Crippen LogP contribution in [-0.2, 0) is 6.54 Å². The van der Waals surface area contributed by atoms with Gasteiger partial charge in [0.05, 0.1) is 12.1 Å². The molecule has 4 heteroatoms. The molecule has 18 heavy (non-hydrogen) atoms. The number of nitriles is 1. The zero-order valence-corrected chi connectivity index (χ0v) is 9.85.